The number of hydrogen-bond donors (Lipinski definition) is 1. The number of carbonyl (C=O) groups is 2. The lowest BCUT2D eigenvalue weighted by Crippen LogP contribution is -2.53. The summed E-state index contributed by atoms with van der Waals surface area (Å²) in [5.74, 6) is -1.42. The van der Waals surface area contributed by atoms with Crippen LogP contribution in [0.2, 0.25) is 0 Å². The van der Waals surface area contributed by atoms with E-state index in [1.165, 1.54) is 31.1 Å². The van der Waals surface area contributed by atoms with Crippen LogP contribution in [0, 0.1) is 12.7 Å². The van der Waals surface area contributed by atoms with Gasteiger partial charge in [0.25, 0.3) is 0 Å². The first kappa shape index (κ1) is 28.3. The molecular formula is C25H35FN4O4S. The van der Waals surface area contributed by atoms with Crippen molar-refractivity contribution < 1.29 is 22.4 Å². The molecule has 0 unspecified atom stereocenters. The summed E-state index contributed by atoms with van der Waals surface area (Å²) in [6, 6.07) is 11.5. The Labute approximate surface area is 207 Å². The molecule has 2 aromatic carbocycles. The van der Waals surface area contributed by atoms with E-state index < -0.39 is 34.5 Å². The molecule has 1 N–H and O–H groups in total. The van der Waals surface area contributed by atoms with Crippen LogP contribution < -0.4 is 9.62 Å². The zero-order chi connectivity index (χ0) is 26.3. The van der Waals surface area contributed by atoms with Gasteiger partial charge in [-0.05, 0) is 57.0 Å². The van der Waals surface area contributed by atoms with Crippen LogP contribution >= 0.6 is 0 Å². The van der Waals surface area contributed by atoms with Crippen LogP contribution in [-0.2, 0) is 26.3 Å². The number of hydrogen-bond acceptors (Lipinski definition) is 4. The van der Waals surface area contributed by atoms with Gasteiger partial charge in [0.2, 0.25) is 11.8 Å². The van der Waals surface area contributed by atoms with Crippen molar-refractivity contribution in [3.8, 4) is 0 Å². The van der Waals surface area contributed by atoms with Crippen molar-refractivity contribution in [2.75, 3.05) is 24.9 Å². The van der Waals surface area contributed by atoms with Gasteiger partial charge in [0.1, 0.15) is 18.4 Å². The van der Waals surface area contributed by atoms with Crippen molar-refractivity contribution in [3.63, 3.8) is 0 Å². The van der Waals surface area contributed by atoms with Crippen LogP contribution in [0.5, 0.6) is 0 Å². The molecule has 2 amide bonds. The van der Waals surface area contributed by atoms with Gasteiger partial charge < -0.3 is 10.2 Å². The van der Waals surface area contributed by atoms with E-state index >= 15 is 0 Å². The highest BCUT2D eigenvalue weighted by Gasteiger charge is 2.32. The Morgan fingerprint density at radius 1 is 1.00 bits per heavy atom. The second-order valence-corrected chi connectivity index (χ2v) is 10.8. The third-order valence-corrected chi connectivity index (χ3v) is 7.60. The number of benzene rings is 2. The molecule has 0 aliphatic carbocycles. The Kier molecular flexibility index (Phi) is 9.79. The van der Waals surface area contributed by atoms with Crippen molar-refractivity contribution in [1.29, 1.82) is 0 Å². The average Bonchev–Trinajstić information content (AvgIpc) is 2.81. The minimum absolute atomic E-state index is 0.0777. The van der Waals surface area contributed by atoms with Crippen LogP contribution in [0.25, 0.3) is 0 Å². The van der Waals surface area contributed by atoms with E-state index in [1.54, 1.807) is 6.92 Å². The fourth-order valence-corrected chi connectivity index (χ4v) is 4.32. The van der Waals surface area contributed by atoms with E-state index in [0.29, 0.717) is 0 Å². The van der Waals surface area contributed by atoms with Gasteiger partial charge in [-0.2, -0.15) is 12.7 Å². The SMILES string of the molecule is CC[C@H](C)NC(=O)[C@H](C)N(Cc1ccc(C)cc1)C(=O)CN(c1ccc(F)cc1)S(=O)(=O)N(C)C. The maximum Gasteiger partial charge on any atom is 0.304 e. The fraction of sp³-hybridized carbons (Fsp3) is 0.440. The van der Waals surface area contributed by atoms with Crippen molar-refractivity contribution in [3.05, 3.63) is 65.5 Å². The van der Waals surface area contributed by atoms with E-state index in [9.17, 15) is 22.4 Å². The third kappa shape index (κ3) is 7.50. The van der Waals surface area contributed by atoms with Crippen LogP contribution in [0.15, 0.2) is 48.5 Å². The maximum atomic E-state index is 13.6. The number of nitrogens with zero attached hydrogens (tertiary/aromatic N) is 3. The van der Waals surface area contributed by atoms with Crippen LogP contribution in [0.3, 0.4) is 0 Å². The molecule has 0 aliphatic heterocycles. The molecule has 2 rings (SSSR count). The Morgan fingerprint density at radius 2 is 1.57 bits per heavy atom. The molecule has 35 heavy (non-hydrogen) atoms. The highest BCUT2D eigenvalue weighted by atomic mass is 32.2. The molecule has 0 fully saturated rings. The molecule has 0 radical (unpaired) electrons. The third-order valence-electron chi connectivity index (χ3n) is 5.78. The van der Waals surface area contributed by atoms with Crippen molar-refractivity contribution >= 4 is 27.7 Å². The lowest BCUT2D eigenvalue weighted by Gasteiger charge is -2.33. The number of anilines is 1. The highest BCUT2D eigenvalue weighted by Crippen LogP contribution is 2.21. The zero-order valence-corrected chi connectivity index (χ0v) is 22.0. The summed E-state index contributed by atoms with van der Waals surface area (Å²) in [6.45, 7) is 6.94. The monoisotopic (exact) mass is 506 g/mol. The minimum atomic E-state index is -4.08. The summed E-state index contributed by atoms with van der Waals surface area (Å²) >= 11 is 0. The molecule has 0 bridgehead atoms. The highest BCUT2D eigenvalue weighted by molar-refractivity contribution is 7.90. The van der Waals surface area contributed by atoms with Crippen LogP contribution in [0.1, 0.15) is 38.3 Å². The van der Waals surface area contributed by atoms with Crippen molar-refractivity contribution in [2.24, 2.45) is 0 Å². The zero-order valence-electron chi connectivity index (χ0n) is 21.2. The molecule has 192 valence electrons. The molecule has 2 aromatic rings. The molecule has 0 saturated carbocycles. The molecule has 0 saturated heterocycles. The normalized spacial score (nSPS) is 13.3. The van der Waals surface area contributed by atoms with E-state index in [4.69, 9.17) is 0 Å². The molecular weight excluding hydrogens is 471 g/mol. The maximum absolute atomic E-state index is 13.6. The largest absolute Gasteiger partial charge is 0.352 e. The van der Waals surface area contributed by atoms with E-state index in [0.717, 1.165) is 38.3 Å². The predicted molar refractivity (Wildman–Crippen MR) is 135 cm³/mol. The summed E-state index contributed by atoms with van der Waals surface area (Å²) in [4.78, 5) is 27.9. The summed E-state index contributed by atoms with van der Waals surface area (Å²) in [5, 5.41) is 2.88. The lowest BCUT2D eigenvalue weighted by molar-refractivity contribution is -0.139. The quantitative estimate of drug-likeness (QED) is 0.507. The van der Waals surface area contributed by atoms with Crippen molar-refractivity contribution in [2.45, 2.75) is 52.7 Å². The minimum Gasteiger partial charge on any atom is -0.352 e. The number of amides is 2. The molecule has 0 aromatic heterocycles. The lowest BCUT2D eigenvalue weighted by atomic mass is 10.1. The van der Waals surface area contributed by atoms with E-state index in [-0.39, 0.29) is 24.2 Å². The van der Waals surface area contributed by atoms with Gasteiger partial charge in [0.15, 0.2) is 0 Å². The number of aryl methyl sites for hydroxylation is 1. The molecule has 2 atom stereocenters. The standard InChI is InChI=1S/C25H35FN4O4S/c1-7-19(3)27-25(32)20(4)29(16-21-10-8-18(2)9-11-21)24(31)17-30(35(33,34)28(5)6)23-14-12-22(26)13-15-23/h8-15,19-20H,7,16-17H2,1-6H3,(H,27,32)/t19-,20-/m0/s1. The first-order valence-corrected chi connectivity index (χ1v) is 12.9. The molecule has 10 heteroatoms. The summed E-state index contributed by atoms with van der Waals surface area (Å²) in [6.07, 6.45) is 0.726. The summed E-state index contributed by atoms with van der Waals surface area (Å²) < 4.78 is 41.5. The van der Waals surface area contributed by atoms with Crippen LogP contribution in [0.4, 0.5) is 10.1 Å². The van der Waals surface area contributed by atoms with E-state index in [2.05, 4.69) is 5.32 Å². The molecule has 0 aliphatic rings. The van der Waals surface area contributed by atoms with Gasteiger partial charge in [-0.15, -0.1) is 0 Å². The average molecular weight is 507 g/mol. The van der Waals surface area contributed by atoms with Crippen molar-refractivity contribution in [1.82, 2.24) is 14.5 Å². The summed E-state index contributed by atoms with van der Waals surface area (Å²) in [5.41, 5.74) is 1.99. The van der Waals surface area contributed by atoms with E-state index in [1.807, 2.05) is 45.0 Å². The van der Waals surface area contributed by atoms with Gasteiger partial charge >= 0.3 is 10.2 Å². The number of halogens is 1. The smallest absolute Gasteiger partial charge is 0.304 e. The second kappa shape index (κ2) is 12.1. The first-order chi connectivity index (χ1) is 16.4. The van der Waals surface area contributed by atoms with Gasteiger partial charge in [0, 0.05) is 26.7 Å². The number of rotatable bonds is 11. The van der Waals surface area contributed by atoms with Gasteiger partial charge in [-0.25, -0.2) is 8.70 Å². The number of carbonyl (C=O) groups excluding carboxylic acids is 2. The van der Waals surface area contributed by atoms with Gasteiger partial charge in [-0.3, -0.25) is 9.59 Å². The summed E-state index contributed by atoms with van der Waals surface area (Å²) in [7, 11) is -1.39. The molecule has 0 spiro atoms. The van der Waals surface area contributed by atoms with Gasteiger partial charge in [0.05, 0.1) is 5.69 Å². The van der Waals surface area contributed by atoms with Crippen LogP contribution in [-0.4, -0.2) is 62.2 Å². The Morgan fingerprint density at radius 3 is 2.09 bits per heavy atom. The second-order valence-electron chi connectivity index (χ2n) is 8.77. The Hall–Kier alpha value is -2.98. The fourth-order valence-electron chi connectivity index (χ4n) is 3.26. The van der Waals surface area contributed by atoms with Gasteiger partial charge in [-0.1, -0.05) is 36.8 Å². The number of nitrogens with one attached hydrogen (secondary N) is 1. The first-order valence-electron chi connectivity index (χ1n) is 11.5. The Bertz CT molecular complexity index is 1110. The topological polar surface area (TPSA) is 90.0 Å². The predicted octanol–water partition coefficient (Wildman–Crippen LogP) is 3.08. The Balaban J connectivity index is 2.43. The molecule has 0 heterocycles. The molecule has 8 nitrogen and oxygen atoms in total.